The zero-order valence-corrected chi connectivity index (χ0v) is 11.1. The largest absolute Gasteiger partial charge is 0.573 e. The third-order valence-electron chi connectivity index (χ3n) is 2.24. The molecular weight excluding hydrogens is 303 g/mol. The number of alkyl halides is 4. The average Bonchev–Trinajstić information content (AvgIpc) is 2.32. The maximum absolute atomic E-state index is 12.2. The summed E-state index contributed by atoms with van der Waals surface area (Å²) < 4.78 is 45.1. The van der Waals surface area contributed by atoms with Crippen LogP contribution in [0.4, 0.5) is 13.2 Å². The summed E-state index contributed by atoms with van der Waals surface area (Å²) in [5.41, 5.74) is -1.16. The standard InChI is InChI=1S/C11H11ClF3NO4/c1-2-19-8(17)3-6-5-16-10(18)9(7(6)4-12)20-11(13,14)15/h5H,2-4H2,1H3,(H,16,18). The number of hydrogen-bond acceptors (Lipinski definition) is 4. The van der Waals surface area contributed by atoms with Crippen molar-refractivity contribution in [3.63, 3.8) is 0 Å². The lowest BCUT2D eigenvalue weighted by molar-refractivity contribution is -0.275. The van der Waals surface area contributed by atoms with Gasteiger partial charge in [-0.3, -0.25) is 9.59 Å². The number of halogens is 4. The number of hydrogen-bond donors (Lipinski definition) is 1. The van der Waals surface area contributed by atoms with Gasteiger partial charge >= 0.3 is 12.3 Å². The summed E-state index contributed by atoms with van der Waals surface area (Å²) in [5.74, 6) is -2.03. The first-order valence-corrected chi connectivity index (χ1v) is 6.02. The molecule has 0 atom stereocenters. The number of rotatable bonds is 5. The van der Waals surface area contributed by atoms with Crippen LogP contribution in [0.25, 0.3) is 0 Å². The molecule has 20 heavy (non-hydrogen) atoms. The lowest BCUT2D eigenvalue weighted by Gasteiger charge is -2.13. The van der Waals surface area contributed by atoms with Crippen LogP contribution in [-0.4, -0.2) is 23.9 Å². The second-order valence-corrected chi connectivity index (χ2v) is 3.88. The second kappa shape index (κ2) is 6.65. The van der Waals surface area contributed by atoms with Gasteiger partial charge in [0, 0.05) is 11.8 Å². The van der Waals surface area contributed by atoms with Gasteiger partial charge in [0.05, 0.1) is 18.9 Å². The molecule has 1 heterocycles. The Balaban J connectivity index is 3.17. The van der Waals surface area contributed by atoms with Crippen LogP contribution in [0.5, 0.6) is 5.75 Å². The molecule has 0 saturated heterocycles. The Morgan fingerprint density at radius 3 is 2.60 bits per heavy atom. The van der Waals surface area contributed by atoms with E-state index < -0.39 is 29.5 Å². The molecule has 0 aromatic carbocycles. The molecular formula is C11H11ClF3NO4. The summed E-state index contributed by atoms with van der Waals surface area (Å²) in [4.78, 5) is 24.8. The first-order valence-electron chi connectivity index (χ1n) is 5.49. The van der Waals surface area contributed by atoms with Crippen molar-refractivity contribution < 1.29 is 27.4 Å². The molecule has 1 rings (SSSR count). The van der Waals surface area contributed by atoms with Crippen molar-refractivity contribution in [2.45, 2.75) is 25.6 Å². The molecule has 0 saturated carbocycles. The monoisotopic (exact) mass is 313 g/mol. The highest BCUT2D eigenvalue weighted by molar-refractivity contribution is 6.17. The van der Waals surface area contributed by atoms with Crippen LogP contribution in [0.3, 0.4) is 0 Å². The summed E-state index contributed by atoms with van der Waals surface area (Å²) in [5, 5.41) is 0. The number of nitrogens with one attached hydrogen (secondary N) is 1. The van der Waals surface area contributed by atoms with E-state index in [-0.39, 0.29) is 24.2 Å². The molecule has 112 valence electrons. The van der Waals surface area contributed by atoms with Crippen molar-refractivity contribution in [1.29, 1.82) is 0 Å². The van der Waals surface area contributed by atoms with E-state index in [0.29, 0.717) is 0 Å². The van der Waals surface area contributed by atoms with E-state index in [1.807, 2.05) is 0 Å². The molecule has 0 radical (unpaired) electrons. The SMILES string of the molecule is CCOC(=O)Cc1c[nH]c(=O)c(OC(F)(F)F)c1CCl. The Hall–Kier alpha value is -1.70. The van der Waals surface area contributed by atoms with Gasteiger partial charge in [-0.25, -0.2) is 0 Å². The second-order valence-electron chi connectivity index (χ2n) is 3.61. The van der Waals surface area contributed by atoms with E-state index >= 15 is 0 Å². The molecule has 0 aliphatic carbocycles. The van der Waals surface area contributed by atoms with Crippen molar-refractivity contribution in [3.05, 3.63) is 27.7 Å². The minimum atomic E-state index is -5.03. The Bertz CT molecular complexity index is 541. The van der Waals surface area contributed by atoms with Gasteiger partial charge in [-0.1, -0.05) is 0 Å². The van der Waals surface area contributed by atoms with Crippen LogP contribution in [0.1, 0.15) is 18.1 Å². The van der Waals surface area contributed by atoms with Crippen LogP contribution in [0.2, 0.25) is 0 Å². The van der Waals surface area contributed by atoms with Crippen LogP contribution >= 0.6 is 11.6 Å². The van der Waals surface area contributed by atoms with Gasteiger partial charge in [0.15, 0.2) is 5.75 Å². The van der Waals surface area contributed by atoms with Gasteiger partial charge in [0.1, 0.15) is 0 Å². The van der Waals surface area contributed by atoms with Crippen molar-refractivity contribution in [2.75, 3.05) is 6.61 Å². The number of pyridine rings is 1. The van der Waals surface area contributed by atoms with E-state index in [4.69, 9.17) is 11.6 Å². The van der Waals surface area contributed by atoms with Crippen molar-refractivity contribution in [3.8, 4) is 5.75 Å². The van der Waals surface area contributed by atoms with Gasteiger partial charge < -0.3 is 14.5 Å². The maximum atomic E-state index is 12.2. The minimum absolute atomic E-state index is 0.109. The van der Waals surface area contributed by atoms with Crippen LogP contribution in [0.15, 0.2) is 11.0 Å². The molecule has 0 aliphatic heterocycles. The number of carbonyl (C=O) groups is 1. The Morgan fingerprint density at radius 2 is 2.10 bits per heavy atom. The van der Waals surface area contributed by atoms with E-state index in [9.17, 15) is 22.8 Å². The Labute approximate surface area is 116 Å². The summed E-state index contributed by atoms with van der Waals surface area (Å²) >= 11 is 5.55. The van der Waals surface area contributed by atoms with Crippen molar-refractivity contribution in [2.24, 2.45) is 0 Å². The van der Waals surface area contributed by atoms with E-state index in [1.54, 1.807) is 6.92 Å². The van der Waals surface area contributed by atoms with Crippen LogP contribution in [0, 0.1) is 0 Å². The average molecular weight is 314 g/mol. The molecule has 9 heteroatoms. The topological polar surface area (TPSA) is 68.4 Å². The highest BCUT2D eigenvalue weighted by Gasteiger charge is 2.34. The molecule has 0 aliphatic rings. The van der Waals surface area contributed by atoms with Crippen LogP contribution < -0.4 is 10.3 Å². The molecule has 1 aromatic heterocycles. The van der Waals surface area contributed by atoms with Gasteiger partial charge in [-0.2, -0.15) is 0 Å². The fourth-order valence-electron chi connectivity index (χ4n) is 1.48. The predicted molar refractivity (Wildman–Crippen MR) is 63.6 cm³/mol. The fraction of sp³-hybridized carbons (Fsp3) is 0.455. The number of H-pyrrole nitrogens is 1. The van der Waals surface area contributed by atoms with Crippen molar-refractivity contribution >= 4 is 17.6 Å². The first kappa shape index (κ1) is 16.4. The Morgan fingerprint density at radius 1 is 1.45 bits per heavy atom. The highest BCUT2D eigenvalue weighted by Crippen LogP contribution is 2.26. The third-order valence-corrected chi connectivity index (χ3v) is 2.50. The first-order chi connectivity index (χ1) is 9.28. The zero-order chi connectivity index (χ0) is 15.3. The minimum Gasteiger partial charge on any atom is -0.466 e. The smallest absolute Gasteiger partial charge is 0.466 e. The van der Waals surface area contributed by atoms with Gasteiger partial charge in [0.25, 0.3) is 5.56 Å². The maximum Gasteiger partial charge on any atom is 0.573 e. The van der Waals surface area contributed by atoms with Gasteiger partial charge in [0.2, 0.25) is 0 Å². The molecule has 0 unspecified atom stereocenters. The predicted octanol–water partition coefficient (Wildman–Crippen LogP) is 2.12. The van der Waals surface area contributed by atoms with Crippen molar-refractivity contribution in [1.82, 2.24) is 4.98 Å². The summed E-state index contributed by atoms with van der Waals surface area (Å²) in [6.07, 6.45) is -4.24. The lowest BCUT2D eigenvalue weighted by Crippen LogP contribution is -2.25. The quantitative estimate of drug-likeness (QED) is 0.668. The summed E-state index contributed by atoms with van der Waals surface area (Å²) in [6.45, 7) is 1.72. The summed E-state index contributed by atoms with van der Waals surface area (Å²) in [7, 11) is 0. The molecule has 0 amide bonds. The normalized spacial score (nSPS) is 11.2. The number of aromatic nitrogens is 1. The van der Waals surface area contributed by atoms with Gasteiger partial charge in [-0.15, -0.1) is 24.8 Å². The number of carbonyl (C=O) groups excluding carboxylic acids is 1. The van der Waals surface area contributed by atoms with E-state index in [0.717, 1.165) is 6.20 Å². The number of ether oxygens (including phenoxy) is 2. The zero-order valence-electron chi connectivity index (χ0n) is 10.3. The Kier molecular flexibility index (Phi) is 5.43. The highest BCUT2D eigenvalue weighted by atomic mass is 35.5. The summed E-state index contributed by atoms with van der Waals surface area (Å²) in [6, 6.07) is 0. The van der Waals surface area contributed by atoms with E-state index in [1.165, 1.54) is 0 Å². The molecule has 1 N–H and O–H groups in total. The number of aromatic amines is 1. The van der Waals surface area contributed by atoms with E-state index in [2.05, 4.69) is 14.5 Å². The van der Waals surface area contributed by atoms with Gasteiger partial charge in [-0.05, 0) is 12.5 Å². The third kappa shape index (κ3) is 4.44. The number of esters is 1. The lowest BCUT2D eigenvalue weighted by atomic mass is 10.1. The molecule has 5 nitrogen and oxygen atoms in total. The molecule has 1 aromatic rings. The molecule has 0 bridgehead atoms. The molecule has 0 spiro atoms. The van der Waals surface area contributed by atoms with Crippen LogP contribution in [-0.2, 0) is 21.8 Å². The fourth-order valence-corrected chi connectivity index (χ4v) is 1.78. The molecule has 0 fully saturated rings.